The van der Waals surface area contributed by atoms with Crippen molar-refractivity contribution in [1.29, 1.82) is 0 Å². The molecule has 0 saturated carbocycles. The van der Waals surface area contributed by atoms with Gasteiger partial charge in [0.2, 0.25) is 0 Å². The van der Waals surface area contributed by atoms with Crippen LogP contribution in [0.5, 0.6) is 0 Å². The van der Waals surface area contributed by atoms with Gasteiger partial charge in [-0.05, 0) is 6.07 Å². The van der Waals surface area contributed by atoms with Crippen LogP contribution in [0.25, 0.3) is 21.3 Å². The summed E-state index contributed by atoms with van der Waals surface area (Å²) in [6.07, 6.45) is 1.09. The Kier molecular flexibility index (Phi) is 2.80. The number of H-pyrrole nitrogens is 1. The number of nitrogens with zero attached hydrogens (tertiary/aromatic N) is 1. The first kappa shape index (κ1) is 13.1. The maximum atomic E-state index is 14.0. The number of nitrogens with two attached hydrogens (primary N) is 1. The summed E-state index contributed by atoms with van der Waals surface area (Å²) in [5, 5.41) is 6.98. The fourth-order valence-corrected chi connectivity index (χ4v) is 4.38. The van der Waals surface area contributed by atoms with Gasteiger partial charge in [-0.25, -0.2) is 12.8 Å². The zero-order valence-electron chi connectivity index (χ0n) is 10.3. The van der Waals surface area contributed by atoms with Crippen LogP contribution in [0.3, 0.4) is 0 Å². The number of anilines is 1. The summed E-state index contributed by atoms with van der Waals surface area (Å²) < 4.78 is 37.9. The number of rotatable bonds is 2. The standard InChI is InChI=1S/C12H10FN3O2S2/c1-20(17,18)12-8(6-4-2-3-5-7(6)13)9-10(14)15-16-11(9)19-12/h2-5H,1H3,(H3,14,15,16). The van der Waals surface area contributed by atoms with Crippen molar-refractivity contribution in [2.75, 3.05) is 12.0 Å². The minimum Gasteiger partial charge on any atom is -0.384 e. The highest BCUT2D eigenvalue weighted by Gasteiger charge is 2.26. The number of nitrogen functional groups attached to an aromatic ring is 1. The number of halogens is 1. The summed E-state index contributed by atoms with van der Waals surface area (Å²) in [5.74, 6) is -0.276. The van der Waals surface area contributed by atoms with E-state index in [1.54, 1.807) is 12.1 Å². The van der Waals surface area contributed by atoms with Crippen molar-refractivity contribution in [3.05, 3.63) is 30.1 Å². The van der Waals surface area contributed by atoms with E-state index >= 15 is 0 Å². The number of aromatic amines is 1. The van der Waals surface area contributed by atoms with Gasteiger partial charge in [-0.15, -0.1) is 11.3 Å². The zero-order chi connectivity index (χ0) is 14.5. The fourth-order valence-electron chi connectivity index (χ4n) is 2.06. The Morgan fingerprint density at radius 1 is 1.35 bits per heavy atom. The molecule has 20 heavy (non-hydrogen) atoms. The van der Waals surface area contributed by atoms with Gasteiger partial charge < -0.3 is 5.73 Å². The monoisotopic (exact) mass is 311 g/mol. The Labute approximate surface area is 118 Å². The predicted octanol–water partition coefficient (Wildman–Crippen LogP) is 2.42. The smallest absolute Gasteiger partial charge is 0.185 e. The Balaban J connectivity index is 2.49. The van der Waals surface area contributed by atoms with Crippen LogP contribution < -0.4 is 5.73 Å². The van der Waals surface area contributed by atoms with Crippen molar-refractivity contribution < 1.29 is 12.8 Å². The van der Waals surface area contributed by atoms with Gasteiger partial charge in [0, 0.05) is 17.4 Å². The van der Waals surface area contributed by atoms with Crippen molar-refractivity contribution >= 4 is 37.2 Å². The molecule has 104 valence electrons. The van der Waals surface area contributed by atoms with Gasteiger partial charge in [0.05, 0.1) is 5.39 Å². The first-order valence-corrected chi connectivity index (χ1v) is 8.31. The lowest BCUT2D eigenvalue weighted by Crippen LogP contribution is -1.97. The second kappa shape index (κ2) is 4.29. The van der Waals surface area contributed by atoms with E-state index in [-0.39, 0.29) is 21.2 Å². The lowest BCUT2D eigenvalue weighted by Gasteiger charge is -2.05. The van der Waals surface area contributed by atoms with Crippen molar-refractivity contribution in [1.82, 2.24) is 10.2 Å². The zero-order valence-corrected chi connectivity index (χ0v) is 12.0. The highest BCUT2D eigenvalue weighted by molar-refractivity contribution is 7.93. The van der Waals surface area contributed by atoms with Crippen LogP contribution >= 0.6 is 11.3 Å². The number of nitrogens with one attached hydrogen (secondary N) is 1. The van der Waals surface area contributed by atoms with Gasteiger partial charge in [-0.2, -0.15) is 5.10 Å². The molecule has 0 atom stereocenters. The minimum absolute atomic E-state index is 0.0702. The van der Waals surface area contributed by atoms with Crippen LogP contribution in [0.2, 0.25) is 0 Å². The fraction of sp³-hybridized carbons (Fsp3) is 0.0833. The Morgan fingerprint density at radius 2 is 2.05 bits per heavy atom. The second-order valence-electron chi connectivity index (χ2n) is 4.33. The van der Waals surface area contributed by atoms with E-state index in [4.69, 9.17) is 5.73 Å². The van der Waals surface area contributed by atoms with Gasteiger partial charge in [-0.1, -0.05) is 18.2 Å². The highest BCUT2D eigenvalue weighted by atomic mass is 32.2. The molecule has 5 nitrogen and oxygen atoms in total. The Hall–Kier alpha value is -1.93. The molecule has 0 radical (unpaired) electrons. The van der Waals surface area contributed by atoms with Crippen LogP contribution in [0.1, 0.15) is 0 Å². The Bertz CT molecular complexity index is 912. The van der Waals surface area contributed by atoms with Gasteiger partial charge in [0.15, 0.2) is 9.84 Å². The second-order valence-corrected chi connectivity index (χ2v) is 7.54. The third-order valence-corrected chi connectivity index (χ3v) is 5.80. The molecule has 0 fully saturated rings. The van der Waals surface area contributed by atoms with Crippen LogP contribution in [0.4, 0.5) is 10.2 Å². The summed E-state index contributed by atoms with van der Waals surface area (Å²) in [6, 6.07) is 5.99. The highest BCUT2D eigenvalue weighted by Crippen LogP contribution is 2.43. The first-order valence-electron chi connectivity index (χ1n) is 5.61. The van der Waals surface area contributed by atoms with E-state index in [0.29, 0.717) is 10.2 Å². The molecule has 0 aliphatic rings. The molecule has 0 aliphatic heterocycles. The van der Waals surface area contributed by atoms with E-state index < -0.39 is 15.7 Å². The molecule has 0 aliphatic carbocycles. The van der Waals surface area contributed by atoms with Gasteiger partial charge >= 0.3 is 0 Å². The predicted molar refractivity (Wildman–Crippen MR) is 76.9 cm³/mol. The molecule has 0 unspecified atom stereocenters. The van der Waals surface area contributed by atoms with Crippen LogP contribution in [-0.2, 0) is 9.84 Å². The van der Waals surface area contributed by atoms with Crippen LogP contribution in [0, 0.1) is 5.82 Å². The lowest BCUT2D eigenvalue weighted by atomic mass is 10.1. The van der Waals surface area contributed by atoms with Crippen molar-refractivity contribution in [3.63, 3.8) is 0 Å². The van der Waals surface area contributed by atoms with E-state index in [1.165, 1.54) is 12.1 Å². The van der Waals surface area contributed by atoms with Crippen LogP contribution in [0.15, 0.2) is 28.5 Å². The average Bonchev–Trinajstić information content (AvgIpc) is 2.90. The number of benzene rings is 1. The maximum Gasteiger partial charge on any atom is 0.185 e. The molecule has 0 saturated heterocycles. The van der Waals surface area contributed by atoms with Crippen molar-refractivity contribution in [2.24, 2.45) is 0 Å². The molecular formula is C12H10FN3O2S2. The number of aromatic nitrogens is 2. The quantitative estimate of drug-likeness (QED) is 0.760. The van der Waals surface area contributed by atoms with Gasteiger partial charge in [0.1, 0.15) is 20.7 Å². The summed E-state index contributed by atoms with van der Waals surface area (Å²) in [5.41, 5.74) is 6.27. The third kappa shape index (κ3) is 1.88. The molecule has 2 aromatic heterocycles. The molecule has 8 heteroatoms. The Morgan fingerprint density at radius 3 is 2.70 bits per heavy atom. The van der Waals surface area contributed by atoms with E-state index in [1.807, 2.05) is 0 Å². The lowest BCUT2D eigenvalue weighted by molar-refractivity contribution is 0.604. The number of thiophene rings is 1. The summed E-state index contributed by atoms with van der Waals surface area (Å²) in [6.45, 7) is 0. The van der Waals surface area contributed by atoms with Crippen molar-refractivity contribution in [3.8, 4) is 11.1 Å². The van der Waals surface area contributed by atoms with Crippen molar-refractivity contribution in [2.45, 2.75) is 4.21 Å². The number of fused-ring (bicyclic) bond motifs is 1. The van der Waals surface area contributed by atoms with Gasteiger partial charge in [0.25, 0.3) is 0 Å². The average molecular weight is 311 g/mol. The topological polar surface area (TPSA) is 88.8 Å². The summed E-state index contributed by atoms with van der Waals surface area (Å²) >= 11 is 0.978. The van der Waals surface area contributed by atoms with Gasteiger partial charge in [-0.3, -0.25) is 5.10 Å². The first-order chi connectivity index (χ1) is 9.39. The molecule has 0 spiro atoms. The molecule has 0 bridgehead atoms. The van der Waals surface area contributed by atoms with E-state index in [9.17, 15) is 12.8 Å². The van der Waals surface area contributed by atoms with Crippen LogP contribution in [-0.4, -0.2) is 24.9 Å². The SMILES string of the molecule is CS(=O)(=O)c1sc2n[nH]c(N)c2c1-c1ccccc1F. The minimum atomic E-state index is -3.50. The summed E-state index contributed by atoms with van der Waals surface area (Å²) in [7, 11) is -3.50. The normalized spacial score (nSPS) is 12.1. The molecule has 1 aromatic carbocycles. The third-order valence-electron chi connectivity index (χ3n) is 2.88. The summed E-state index contributed by atoms with van der Waals surface area (Å²) in [4.78, 5) is 0.446. The molecular weight excluding hydrogens is 301 g/mol. The molecule has 3 aromatic rings. The molecule has 3 N–H and O–H groups in total. The largest absolute Gasteiger partial charge is 0.384 e. The number of hydrogen-bond donors (Lipinski definition) is 2. The maximum absolute atomic E-state index is 14.0. The van der Waals surface area contributed by atoms with E-state index in [0.717, 1.165) is 17.6 Å². The number of hydrogen-bond acceptors (Lipinski definition) is 5. The molecule has 2 heterocycles. The van der Waals surface area contributed by atoms with E-state index in [2.05, 4.69) is 10.2 Å². The molecule has 3 rings (SSSR count). The number of sulfone groups is 1. The molecule has 0 amide bonds.